The van der Waals surface area contributed by atoms with Crippen LogP contribution in [-0.4, -0.2) is 42.8 Å². The van der Waals surface area contributed by atoms with Crippen LogP contribution in [0.3, 0.4) is 0 Å². The first kappa shape index (κ1) is 16.8. The third-order valence-corrected chi connectivity index (χ3v) is 3.41. The topological polar surface area (TPSA) is 142 Å². The molecule has 1 aromatic heterocycles. The number of aliphatic hydroxyl groups is 1. The van der Waals surface area contributed by atoms with Gasteiger partial charge in [-0.15, -0.1) is 0 Å². The minimum Gasteiger partial charge on any atom is -0.391 e. The van der Waals surface area contributed by atoms with Crippen molar-refractivity contribution in [3.05, 3.63) is 33.1 Å². The first-order chi connectivity index (χ1) is 9.19. The molecule has 0 radical (unpaired) electrons. The zero-order valence-electron chi connectivity index (χ0n) is 10.8. The van der Waals surface area contributed by atoms with Gasteiger partial charge >= 0.3 is 13.3 Å². The number of ether oxygens (including phenoxy) is 1. The fraction of sp³-hybridized carbons (Fsp3) is 0.600. The van der Waals surface area contributed by atoms with Gasteiger partial charge in [0.15, 0.2) is 0 Å². The summed E-state index contributed by atoms with van der Waals surface area (Å²) in [7, 11) is -4.18. The maximum Gasteiger partial charge on any atom is 0.330 e. The van der Waals surface area contributed by atoms with Crippen LogP contribution in [0.2, 0.25) is 0 Å². The zero-order chi connectivity index (χ0) is 15.3. The second-order valence-electron chi connectivity index (χ2n) is 4.33. The van der Waals surface area contributed by atoms with E-state index in [9.17, 15) is 19.3 Å². The lowest BCUT2D eigenvalue weighted by Gasteiger charge is -2.21. The molecule has 0 bridgehead atoms. The first-order valence-electron chi connectivity index (χ1n) is 5.83. The van der Waals surface area contributed by atoms with Crippen LogP contribution in [0.5, 0.6) is 0 Å². The van der Waals surface area contributed by atoms with E-state index in [1.807, 2.05) is 4.98 Å². The maximum atomic E-state index is 11.4. The summed E-state index contributed by atoms with van der Waals surface area (Å²) in [6.07, 6.45) is -1.05. The smallest absolute Gasteiger partial charge is 0.330 e. The van der Waals surface area contributed by atoms with Crippen molar-refractivity contribution >= 4 is 7.60 Å². The molecule has 0 aromatic carbocycles. The summed E-state index contributed by atoms with van der Waals surface area (Å²) in [5.74, 6) is 0. The summed E-state index contributed by atoms with van der Waals surface area (Å²) >= 11 is 0. The standard InChI is InChI=1S/C10H17N2O7P/c1-7(13)8(3-5-20(16,17)18)19-6-12-4-2-9(14)11-10(12)15/h2,4,7-8,13H,3,5-6H2,1H3,(H,11,14,15)(H2,16,17,18)/t7-,8+/m0/s1. The number of nitrogens with one attached hydrogen (secondary N) is 1. The van der Waals surface area contributed by atoms with Crippen LogP contribution in [-0.2, 0) is 16.0 Å². The maximum absolute atomic E-state index is 11.4. The van der Waals surface area contributed by atoms with Gasteiger partial charge in [-0.25, -0.2) is 4.79 Å². The van der Waals surface area contributed by atoms with Crippen molar-refractivity contribution in [1.29, 1.82) is 0 Å². The molecule has 1 heterocycles. The first-order valence-corrected chi connectivity index (χ1v) is 7.63. The molecule has 0 aliphatic heterocycles. The van der Waals surface area contributed by atoms with E-state index in [1.165, 1.54) is 13.1 Å². The minimum atomic E-state index is -4.18. The predicted octanol–water partition coefficient (Wildman–Crippen LogP) is -1.17. The van der Waals surface area contributed by atoms with Crippen molar-refractivity contribution in [3.63, 3.8) is 0 Å². The number of rotatable bonds is 7. The number of aliphatic hydroxyl groups excluding tert-OH is 1. The van der Waals surface area contributed by atoms with Gasteiger partial charge < -0.3 is 19.6 Å². The third-order valence-electron chi connectivity index (χ3n) is 2.57. The fourth-order valence-electron chi connectivity index (χ4n) is 1.48. The van der Waals surface area contributed by atoms with E-state index in [0.717, 1.165) is 10.6 Å². The molecule has 0 unspecified atom stereocenters. The SMILES string of the molecule is C[C@H](O)[C@@H](CCP(=O)(O)O)OCn1ccc(=O)[nH]c1=O. The van der Waals surface area contributed by atoms with Gasteiger partial charge in [0.25, 0.3) is 5.56 Å². The normalized spacial score (nSPS) is 15.0. The lowest BCUT2D eigenvalue weighted by Crippen LogP contribution is -2.33. The molecule has 0 fully saturated rings. The second kappa shape index (κ2) is 6.96. The number of hydrogen-bond donors (Lipinski definition) is 4. The van der Waals surface area contributed by atoms with Crippen LogP contribution in [0.15, 0.2) is 21.9 Å². The Kier molecular flexibility index (Phi) is 5.85. The Hall–Kier alpha value is -1.25. The molecule has 20 heavy (non-hydrogen) atoms. The molecule has 0 saturated heterocycles. The Balaban J connectivity index is 2.65. The van der Waals surface area contributed by atoms with Crippen LogP contribution in [0, 0.1) is 0 Å². The Bertz CT molecular complexity index is 588. The van der Waals surface area contributed by atoms with E-state index < -0.39 is 37.2 Å². The summed E-state index contributed by atoms with van der Waals surface area (Å²) in [5.41, 5.74) is -1.21. The number of hydrogen-bond acceptors (Lipinski definition) is 5. The van der Waals surface area contributed by atoms with Crippen molar-refractivity contribution in [3.8, 4) is 0 Å². The Labute approximate surface area is 114 Å². The monoisotopic (exact) mass is 308 g/mol. The van der Waals surface area contributed by atoms with Gasteiger partial charge in [0.2, 0.25) is 0 Å². The molecular weight excluding hydrogens is 291 g/mol. The highest BCUT2D eigenvalue weighted by Crippen LogP contribution is 2.35. The van der Waals surface area contributed by atoms with Gasteiger partial charge in [-0.2, -0.15) is 0 Å². The number of aromatic amines is 1. The molecule has 114 valence electrons. The average molecular weight is 308 g/mol. The molecule has 10 heteroatoms. The molecule has 4 N–H and O–H groups in total. The Morgan fingerprint density at radius 3 is 2.60 bits per heavy atom. The van der Waals surface area contributed by atoms with Crippen LogP contribution in [0.1, 0.15) is 13.3 Å². The van der Waals surface area contributed by atoms with Gasteiger partial charge in [-0.05, 0) is 13.3 Å². The van der Waals surface area contributed by atoms with Crippen molar-refractivity contribution in [2.24, 2.45) is 0 Å². The molecule has 0 aliphatic rings. The minimum absolute atomic E-state index is 0.0555. The van der Waals surface area contributed by atoms with Crippen LogP contribution >= 0.6 is 7.60 Å². The van der Waals surface area contributed by atoms with Crippen LogP contribution in [0.25, 0.3) is 0 Å². The van der Waals surface area contributed by atoms with E-state index in [-0.39, 0.29) is 13.2 Å². The van der Waals surface area contributed by atoms with E-state index in [2.05, 4.69) is 0 Å². The molecule has 0 amide bonds. The second-order valence-corrected chi connectivity index (χ2v) is 6.11. The lowest BCUT2D eigenvalue weighted by molar-refractivity contribution is -0.0610. The van der Waals surface area contributed by atoms with E-state index in [4.69, 9.17) is 14.5 Å². The van der Waals surface area contributed by atoms with Gasteiger partial charge in [0.1, 0.15) is 6.73 Å². The molecular formula is C10H17N2O7P. The third kappa shape index (κ3) is 5.81. The van der Waals surface area contributed by atoms with Gasteiger partial charge in [-0.1, -0.05) is 0 Å². The Morgan fingerprint density at radius 1 is 1.45 bits per heavy atom. The van der Waals surface area contributed by atoms with E-state index >= 15 is 0 Å². The number of nitrogens with zero attached hydrogens (tertiary/aromatic N) is 1. The van der Waals surface area contributed by atoms with Crippen LogP contribution < -0.4 is 11.2 Å². The fourth-order valence-corrected chi connectivity index (χ4v) is 2.07. The highest BCUT2D eigenvalue weighted by molar-refractivity contribution is 7.51. The van der Waals surface area contributed by atoms with E-state index in [1.54, 1.807) is 0 Å². The van der Waals surface area contributed by atoms with Gasteiger partial charge in [-0.3, -0.25) is 18.9 Å². The summed E-state index contributed by atoms with van der Waals surface area (Å²) < 4.78 is 17.1. The Morgan fingerprint density at radius 2 is 2.10 bits per heavy atom. The van der Waals surface area contributed by atoms with Crippen molar-refractivity contribution in [2.45, 2.75) is 32.3 Å². The summed E-state index contributed by atoms with van der Waals surface area (Å²) in [5, 5.41) is 9.48. The molecule has 0 saturated carbocycles. The molecule has 1 aromatic rings. The van der Waals surface area contributed by atoms with Crippen LogP contribution in [0.4, 0.5) is 0 Å². The van der Waals surface area contributed by atoms with Gasteiger partial charge in [0, 0.05) is 12.3 Å². The zero-order valence-corrected chi connectivity index (χ0v) is 11.7. The van der Waals surface area contributed by atoms with Crippen molar-refractivity contribution in [1.82, 2.24) is 9.55 Å². The average Bonchev–Trinajstić information content (AvgIpc) is 2.29. The highest BCUT2D eigenvalue weighted by Gasteiger charge is 2.21. The van der Waals surface area contributed by atoms with Crippen molar-refractivity contribution < 1.29 is 24.2 Å². The quantitative estimate of drug-likeness (QED) is 0.465. The number of aromatic nitrogens is 2. The summed E-state index contributed by atoms with van der Waals surface area (Å²) in [6.45, 7) is 1.17. The molecule has 1 rings (SSSR count). The van der Waals surface area contributed by atoms with E-state index in [0.29, 0.717) is 0 Å². The molecule has 0 spiro atoms. The molecule has 0 aliphatic carbocycles. The van der Waals surface area contributed by atoms with Gasteiger partial charge in [0.05, 0.1) is 18.4 Å². The molecule has 2 atom stereocenters. The lowest BCUT2D eigenvalue weighted by atomic mass is 10.2. The van der Waals surface area contributed by atoms with Crippen molar-refractivity contribution in [2.75, 3.05) is 6.16 Å². The number of H-pyrrole nitrogens is 1. The largest absolute Gasteiger partial charge is 0.391 e. The summed E-state index contributed by atoms with van der Waals surface area (Å²) in [4.78, 5) is 41.9. The predicted molar refractivity (Wildman–Crippen MR) is 69.4 cm³/mol. The highest BCUT2D eigenvalue weighted by atomic mass is 31.2. The molecule has 9 nitrogen and oxygen atoms in total. The summed E-state index contributed by atoms with van der Waals surface area (Å²) in [6, 6.07) is 1.14.